The number of rotatable bonds is 6. The Balaban J connectivity index is 1.46. The van der Waals surface area contributed by atoms with E-state index in [1.54, 1.807) is 18.3 Å². The molecule has 0 atom stereocenters. The third-order valence-corrected chi connectivity index (χ3v) is 5.28. The largest absolute Gasteiger partial charge is 0.488 e. The standard InChI is InChI=1S/C25H18Cl2N2O2/c26-20-12-13-22(23(27)14-20)25(30)29-28-15-18-7-2-4-11-24(18)31-16-19-9-5-8-17-6-1-3-10-21(17)19/h1-15H,16H2,(H,29,30)/b28-15-. The summed E-state index contributed by atoms with van der Waals surface area (Å²) in [6.07, 6.45) is 1.54. The van der Waals surface area contributed by atoms with E-state index in [2.05, 4.69) is 34.8 Å². The fourth-order valence-electron chi connectivity index (χ4n) is 3.19. The summed E-state index contributed by atoms with van der Waals surface area (Å²) in [7, 11) is 0. The summed E-state index contributed by atoms with van der Waals surface area (Å²) in [6, 6.07) is 26.5. The van der Waals surface area contributed by atoms with Gasteiger partial charge in [-0.1, -0.05) is 77.8 Å². The second-order valence-electron chi connectivity index (χ2n) is 6.79. The van der Waals surface area contributed by atoms with Crippen LogP contribution in [0, 0.1) is 0 Å². The summed E-state index contributed by atoms with van der Waals surface area (Å²) in [5.74, 6) is 0.241. The average Bonchev–Trinajstić information content (AvgIpc) is 2.78. The van der Waals surface area contributed by atoms with Gasteiger partial charge in [0.25, 0.3) is 5.91 Å². The fraction of sp³-hybridized carbons (Fsp3) is 0.0400. The lowest BCUT2D eigenvalue weighted by atomic mass is 10.1. The van der Waals surface area contributed by atoms with Crippen molar-refractivity contribution in [3.8, 4) is 5.75 Å². The molecule has 4 aromatic carbocycles. The number of hydrogen-bond acceptors (Lipinski definition) is 3. The molecule has 1 N–H and O–H groups in total. The van der Waals surface area contributed by atoms with Gasteiger partial charge in [-0.25, -0.2) is 5.43 Å². The Labute approximate surface area is 190 Å². The topological polar surface area (TPSA) is 50.7 Å². The molecular weight excluding hydrogens is 431 g/mol. The van der Waals surface area contributed by atoms with Crippen LogP contribution >= 0.6 is 23.2 Å². The number of carbonyl (C=O) groups is 1. The van der Waals surface area contributed by atoms with Crippen molar-refractivity contribution in [3.63, 3.8) is 0 Å². The zero-order valence-electron chi connectivity index (χ0n) is 16.4. The summed E-state index contributed by atoms with van der Waals surface area (Å²) in [5, 5.41) is 7.10. The van der Waals surface area contributed by atoms with Crippen molar-refractivity contribution in [3.05, 3.63) is 112 Å². The molecule has 154 valence electrons. The Morgan fingerprint density at radius 1 is 0.935 bits per heavy atom. The van der Waals surface area contributed by atoms with Crippen LogP contribution in [0.1, 0.15) is 21.5 Å². The molecule has 0 heterocycles. The molecule has 31 heavy (non-hydrogen) atoms. The number of fused-ring (bicyclic) bond motifs is 1. The van der Waals surface area contributed by atoms with Crippen molar-refractivity contribution in [2.24, 2.45) is 5.10 Å². The monoisotopic (exact) mass is 448 g/mol. The van der Waals surface area contributed by atoms with E-state index in [-0.39, 0.29) is 5.02 Å². The van der Waals surface area contributed by atoms with Crippen LogP contribution in [-0.2, 0) is 6.61 Å². The van der Waals surface area contributed by atoms with E-state index < -0.39 is 5.91 Å². The second-order valence-corrected chi connectivity index (χ2v) is 7.63. The van der Waals surface area contributed by atoms with Gasteiger partial charge in [0.05, 0.1) is 16.8 Å². The number of ether oxygens (including phenoxy) is 1. The van der Waals surface area contributed by atoms with E-state index in [0.29, 0.717) is 22.9 Å². The van der Waals surface area contributed by atoms with Gasteiger partial charge in [0.2, 0.25) is 0 Å². The first kappa shape index (κ1) is 20.9. The highest BCUT2D eigenvalue weighted by Gasteiger charge is 2.10. The number of amides is 1. The van der Waals surface area contributed by atoms with Gasteiger partial charge in [-0.05, 0) is 46.7 Å². The van der Waals surface area contributed by atoms with Crippen LogP contribution in [0.2, 0.25) is 10.0 Å². The third kappa shape index (κ3) is 5.05. The molecule has 1 amide bonds. The first-order valence-electron chi connectivity index (χ1n) is 9.59. The van der Waals surface area contributed by atoms with Crippen LogP contribution in [0.15, 0.2) is 90.0 Å². The van der Waals surface area contributed by atoms with Crippen molar-refractivity contribution >= 4 is 46.1 Å². The van der Waals surface area contributed by atoms with Gasteiger partial charge in [-0.3, -0.25) is 4.79 Å². The Morgan fingerprint density at radius 3 is 2.58 bits per heavy atom. The average molecular weight is 449 g/mol. The van der Waals surface area contributed by atoms with Gasteiger partial charge >= 0.3 is 0 Å². The maximum atomic E-state index is 12.3. The summed E-state index contributed by atoms with van der Waals surface area (Å²) in [6.45, 7) is 0.416. The predicted molar refractivity (Wildman–Crippen MR) is 126 cm³/mol. The van der Waals surface area contributed by atoms with Gasteiger partial charge < -0.3 is 4.74 Å². The molecular formula is C25H18Cl2N2O2. The van der Waals surface area contributed by atoms with E-state index in [0.717, 1.165) is 16.5 Å². The van der Waals surface area contributed by atoms with Crippen LogP contribution < -0.4 is 10.2 Å². The van der Waals surface area contributed by atoms with Crippen LogP contribution in [0.3, 0.4) is 0 Å². The highest BCUT2D eigenvalue weighted by molar-refractivity contribution is 6.36. The minimum Gasteiger partial charge on any atom is -0.488 e. The van der Waals surface area contributed by atoms with Gasteiger partial charge in [0.1, 0.15) is 12.4 Å². The number of para-hydroxylation sites is 1. The second kappa shape index (κ2) is 9.65. The summed E-state index contributed by atoms with van der Waals surface area (Å²) < 4.78 is 6.07. The number of hydrazone groups is 1. The van der Waals surface area contributed by atoms with E-state index in [1.807, 2.05) is 42.5 Å². The predicted octanol–water partition coefficient (Wildman–Crippen LogP) is 6.49. The number of halogens is 2. The first-order valence-corrected chi connectivity index (χ1v) is 10.3. The van der Waals surface area contributed by atoms with Crippen molar-refractivity contribution in [1.82, 2.24) is 5.43 Å². The summed E-state index contributed by atoms with van der Waals surface area (Å²) in [4.78, 5) is 12.3. The molecule has 0 radical (unpaired) electrons. The zero-order valence-corrected chi connectivity index (χ0v) is 17.9. The Bertz CT molecular complexity index is 1270. The normalized spacial score (nSPS) is 11.0. The molecule has 4 rings (SSSR count). The maximum absolute atomic E-state index is 12.3. The molecule has 0 saturated carbocycles. The molecule has 4 aromatic rings. The first-order chi connectivity index (χ1) is 15.1. The molecule has 0 saturated heterocycles. The van der Waals surface area contributed by atoms with Gasteiger partial charge in [0.15, 0.2) is 0 Å². The van der Waals surface area contributed by atoms with Crippen LogP contribution in [0.25, 0.3) is 10.8 Å². The summed E-state index contributed by atoms with van der Waals surface area (Å²) in [5.41, 5.74) is 4.61. The molecule has 0 aliphatic rings. The molecule has 4 nitrogen and oxygen atoms in total. The van der Waals surface area contributed by atoms with Gasteiger partial charge in [0, 0.05) is 10.6 Å². The van der Waals surface area contributed by atoms with Crippen molar-refractivity contribution < 1.29 is 9.53 Å². The van der Waals surface area contributed by atoms with Gasteiger partial charge in [-0.15, -0.1) is 0 Å². The van der Waals surface area contributed by atoms with Gasteiger partial charge in [-0.2, -0.15) is 5.10 Å². The quantitative estimate of drug-likeness (QED) is 0.270. The fourth-order valence-corrected chi connectivity index (χ4v) is 3.68. The molecule has 0 bridgehead atoms. The number of nitrogens with zero attached hydrogens (tertiary/aromatic N) is 1. The highest BCUT2D eigenvalue weighted by atomic mass is 35.5. The molecule has 0 aromatic heterocycles. The van der Waals surface area contributed by atoms with Crippen molar-refractivity contribution in [2.75, 3.05) is 0 Å². The molecule has 6 heteroatoms. The van der Waals surface area contributed by atoms with E-state index >= 15 is 0 Å². The number of hydrogen-bond donors (Lipinski definition) is 1. The minimum atomic E-state index is -0.424. The Hall–Kier alpha value is -3.34. The maximum Gasteiger partial charge on any atom is 0.272 e. The van der Waals surface area contributed by atoms with Crippen molar-refractivity contribution in [1.29, 1.82) is 0 Å². The SMILES string of the molecule is O=C(N/N=C\c1ccccc1OCc1cccc2ccccc12)c1ccc(Cl)cc1Cl. The molecule has 0 fully saturated rings. The van der Waals surface area contributed by atoms with E-state index in [9.17, 15) is 4.79 Å². The molecule has 0 spiro atoms. The smallest absolute Gasteiger partial charge is 0.272 e. The molecule has 0 aliphatic heterocycles. The third-order valence-electron chi connectivity index (χ3n) is 4.73. The lowest BCUT2D eigenvalue weighted by Gasteiger charge is -2.11. The number of nitrogens with one attached hydrogen (secondary N) is 1. The van der Waals surface area contributed by atoms with E-state index in [1.165, 1.54) is 11.5 Å². The highest BCUT2D eigenvalue weighted by Crippen LogP contribution is 2.23. The Kier molecular flexibility index (Phi) is 6.51. The lowest BCUT2D eigenvalue weighted by Crippen LogP contribution is -2.18. The van der Waals surface area contributed by atoms with Crippen LogP contribution in [-0.4, -0.2) is 12.1 Å². The van der Waals surface area contributed by atoms with E-state index in [4.69, 9.17) is 27.9 Å². The number of benzene rings is 4. The lowest BCUT2D eigenvalue weighted by molar-refractivity contribution is 0.0955. The number of carbonyl (C=O) groups excluding carboxylic acids is 1. The van der Waals surface area contributed by atoms with Crippen molar-refractivity contribution in [2.45, 2.75) is 6.61 Å². The molecule has 0 unspecified atom stereocenters. The zero-order chi connectivity index (χ0) is 21.6. The Morgan fingerprint density at radius 2 is 1.71 bits per heavy atom. The summed E-state index contributed by atoms with van der Waals surface area (Å²) >= 11 is 11.9. The molecule has 0 aliphatic carbocycles. The van der Waals surface area contributed by atoms with Crippen LogP contribution in [0.4, 0.5) is 0 Å². The van der Waals surface area contributed by atoms with Crippen LogP contribution in [0.5, 0.6) is 5.75 Å². The minimum absolute atomic E-state index is 0.263.